The number of hydrogen-bond donors (Lipinski definition) is 1. The molecule has 5 rings (SSSR count). The summed E-state index contributed by atoms with van der Waals surface area (Å²) in [6, 6.07) is 15.2. The van der Waals surface area contributed by atoms with Gasteiger partial charge in [0.1, 0.15) is 0 Å². The van der Waals surface area contributed by atoms with Gasteiger partial charge in [-0.3, -0.25) is 4.79 Å². The lowest BCUT2D eigenvalue weighted by Crippen LogP contribution is -2.49. The van der Waals surface area contributed by atoms with E-state index in [4.69, 9.17) is 0 Å². The molecule has 0 bridgehead atoms. The average molecular weight is 348 g/mol. The van der Waals surface area contributed by atoms with E-state index >= 15 is 0 Å². The van der Waals surface area contributed by atoms with Crippen LogP contribution in [-0.4, -0.2) is 36.0 Å². The van der Waals surface area contributed by atoms with E-state index in [2.05, 4.69) is 52.7 Å². The van der Waals surface area contributed by atoms with E-state index in [0.717, 1.165) is 32.5 Å². The van der Waals surface area contributed by atoms with Crippen LogP contribution in [-0.2, 0) is 4.79 Å². The smallest absolute Gasteiger partial charge is 0.227 e. The summed E-state index contributed by atoms with van der Waals surface area (Å²) >= 11 is 0. The number of benzene rings is 2. The maximum Gasteiger partial charge on any atom is 0.227 e. The van der Waals surface area contributed by atoms with Crippen LogP contribution in [0.3, 0.4) is 0 Å². The van der Waals surface area contributed by atoms with Gasteiger partial charge in [0.05, 0.1) is 5.92 Å². The largest absolute Gasteiger partial charge is 0.342 e. The normalized spacial score (nSPS) is 27.6. The fraction of sp³-hybridized carbons (Fsp3) is 0.522. The van der Waals surface area contributed by atoms with Gasteiger partial charge >= 0.3 is 0 Å². The Morgan fingerprint density at radius 2 is 1.85 bits per heavy atom. The van der Waals surface area contributed by atoms with Crippen molar-refractivity contribution in [3.63, 3.8) is 0 Å². The second-order valence-electron chi connectivity index (χ2n) is 8.47. The summed E-state index contributed by atoms with van der Waals surface area (Å²) in [6.07, 6.45) is 7.03. The SMILES string of the molecule is O=C(C1CCNC12CCCC2)N1CCC(c2cccc3ccccc23)C1. The molecule has 1 aliphatic carbocycles. The Morgan fingerprint density at radius 3 is 2.73 bits per heavy atom. The Bertz CT molecular complexity index is 813. The molecule has 2 saturated heterocycles. The van der Waals surface area contributed by atoms with Crippen LogP contribution in [0.15, 0.2) is 42.5 Å². The highest BCUT2D eigenvalue weighted by Crippen LogP contribution is 2.43. The van der Waals surface area contributed by atoms with Crippen LogP contribution >= 0.6 is 0 Å². The average Bonchev–Trinajstić information content (AvgIpc) is 3.43. The summed E-state index contributed by atoms with van der Waals surface area (Å²) in [5.41, 5.74) is 1.53. The topological polar surface area (TPSA) is 32.3 Å². The molecule has 1 spiro atoms. The fourth-order valence-electron chi connectivity index (χ4n) is 5.80. The first-order valence-corrected chi connectivity index (χ1v) is 10.3. The van der Waals surface area contributed by atoms with Gasteiger partial charge in [-0.1, -0.05) is 55.3 Å². The summed E-state index contributed by atoms with van der Waals surface area (Å²) in [5, 5.41) is 6.36. The number of rotatable bonds is 2. The minimum Gasteiger partial charge on any atom is -0.342 e. The second kappa shape index (κ2) is 6.38. The summed E-state index contributed by atoms with van der Waals surface area (Å²) in [4.78, 5) is 15.5. The molecule has 1 N–H and O–H groups in total. The minimum absolute atomic E-state index is 0.120. The van der Waals surface area contributed by atoms with Crippen molar-refractivity contribution < 1.29 is 4.79 Å². The van der Waals surface area contributed by atoms with E-state index in [1.165, 1.54) is 42.0 Å². The van der Waals surface area contributed by atoms with Crippen LogP contribution in [0.5, 0.6) is 0 Å². The monoisotopic (exact) mass is 348 g/mol. The van der Waals surface area contributed by atoms with E-state index in [-0.39, 0.29) is 11.5 Å². The molecule has 3 aliphatic rings. The lowest BCUT2D eigenvalue weighted by Gasteiger charge is -2.33. The first-order valence-electron chi connectivity index (χ1n) is 10.3. The predicted molar refractivity (Wildman–Crippen MR) is 105 cm³/mol. The van der Waals surface area contributed by atoms with Crippen LogP contribution in [0.4, 0.5) is 0 Å². The molecule has 26 heavy (non-hydrogen) atoms. The Hall–Kier alpha value is -1.87. The molecule has 3 heteroatoms. The molecule has 1 saturated carbocycles. The first-order chi connectivity index (χ1) is 12.8. The fourth-order valence-corrected chi connectivity index (χ4v) is 5.80. The third kappa shape index (κ3) is 2.56. The van der Waals surface area contributed by atoms with Gasteiger partial charge in [0.15, 0.2) is 0 Å². The maximum atomic E-state index is 13.3. The van der Waals surface area contributed by atoms with Crippen molar-refractivity contribution in [2.45, 2.75) is 50.0 Å². The van der Waals surface area contributed by atoms with Crippen LogP contribution in [0.2, 0.25) is 0 Å². The highest BCUT2D eigenvalue weighted by molar-refractivity contribution is 5.86. The van der Waals surface area contributed by atoms with E-state index in [0.29, 0.717) is 11.8 Å². The number of amides is 1. The molecule has 3 fully saturated rings. The number of carbonyl (C=O) groups is 1. The summed E-state index contributed by atoms with van der Waals surface area (Å²) < 4.78 is 0. The van der Waals surface area contributed by atoms with Crippen molar-refractivity contribution in [1.29, 1.82) is 0 Å². The zero-order chi connectivity index (χ0) is 17.6. The van der Waals surface area contributed by atoms with Crippen LogP contribution in [0.1, 0.15) is 50.0 Å². The van der Waals surface area contributed by atoms with Crippen molar-refractivity contribution >= 4 is 16.7 Å². The predicted octanol–water partition coefficient (Wildman–Crippen LogP) is 4.08. The second-order valence-corrected chi connectivity index (χ2v) is 8.47. The number of hydrogen-bond acceptors (Lipinski definition) is 2. The summed E-state index contributed by atoms with van der Waals surface area (Å²) in [7, 11) is 0. The van der Waals surface area contributed by atoms with Crippen LogP contribution in [0, 0.1) is 5.92 Å². The van der Waals surface area contributed by atoms with Gasteiger partial charge in [-0.15, -0.1) is 0 Å². The van der Waals surface area contributed by atoms with Gasteiger partial charge < -0.3 is 10.2 Å². The van der Waals surface area contributed by atoms with Crippen LogP contribution in [0.25, 0.3) is 10.8 Å². The van der Waals surface area contributed by atoms with Gasteiger partial charge in [0.2, 0.25) is 5.91 Å². The quantitative estimate of drug-likeness (QED) is 0.887. The molecule has 3 nitrogen and oxygen atoms in total. The molecule has 2 aromatic rings. The van der Waals surface area contributed by atoms with Gasteiger partial charge in [-0.2, -0.15) is 0 Å². The molecule has 2 atom stereocenters. The molecule has 1 amide bonds. The number of nitrogens with one attached hydrogen (secondary N) is 1. The Labute approximate surface area is 155 Å². The number of carbonyl (C=O) groups excluding carboxylic acids is 1. The van der Waals surface area contributed by atoms with Gasteiger partial charge in [-0.05, 0) is 48.6 Å². The molecular formula is C23H28N2O. The molecule has 2 heterocycles. The molecular weight excluding hydrogens is 320 g/mol. The van der Waals surface area contributed by atoms with Crippen molar-refractivity contribution in [2.75, 3.05) is 19.6 Å². The third-order valence-corrected chi connectivity index (χ3v) is 7.13. The van der Waals surface area contributed by atoms with Gasteiger partial charge in [0, 0.05) is 24.5 Å². The van der Waals surface area contributed by atoms with Crippen molar-refractivity contribution in [3.8, 4) is 0 Å². The van der Waals surface area contributed by atoms with Crippen molar-refractivity contribution in [3.05, 3.63) is 48.0 Å². The lowest BCUT2D eigenvalue weighted by atomic mass is 9.83. The van der Waals surface area contributed by atoms with E-state index in [1.54, 1.807) is 0 Å². The number of fused-ring (bicyclic) bond motifs is 1. The Morgan fingerprint density at radius 1 is 1.04 bits per heavy atom. The maximum absolute atomic E-state index is 13.3. The Kier molecular flexibility index (Phi) is 4.00. The van der Waals surface area contributed by atoms with Gasteiger partial charge in [-0.25, -0.2) is 0 Å². The highest BCUT2D eigenvalue weighted by atomic mass is 16.2. The zero-order valence-electron chi connectivity index (χ0n) is 15.4. The molecule has 0 aromatic heterocycles. The molecule has 136 valence electrons. The van der Waals surface area contributed by atoms with E-state index in [9.17, 15) is 4.79 Å². The lowest BCUT2D eigenvalue weighted by molar-refractivity contribution is -0.136. The van der Waals surface area contributed by atoms with E-state index in [1.807, 2.05) is 0 Å². The van der Waals surface area contributed by atoms with Crippen molar-refractivity contribution in [1.82, 2.24) is 10.2 Å². The number of likely N-dealkylation sites (tertiary alicyclic amines) is 1. The third-order valence-electron chi connectivity index (χ3n) is 7.13. The molecule has 2 aliphatic heterocycles. The standard InChI is InChI=1S/C23H28N2O/c26-22(21-10-14-24-23(21)12-3-4-13-23)25-15-11-18(16-25)20-9-5-7-17-6-1-2-8-19(17)20/h1-2,5-9,18,21,24H,3-4,10-16H2. The van der Waals surface area contributed by atoms with E-state index < -0.39 is 0 Å². The zero-order valence-corrected chi connectivity index (χ0v) is 15.4. The van der Waals surface area contributed by atoms with Gasteiger partial charge in [0.25, 0.3) is 0 Å². The van der Waals surface area contributed by atoms with Crippen molar-refractivity contribution in [2.24, 2.45) is 5.92 Å². The van der Waals surface area contributed by atoms with Crippen LogP contribution < -0.4 is 5.32 Å². The molecule has 2 unspecified atom stereocenters. The Balaban J connectivity index is 1.36. The molecule has 2 aromatic carbocycles. The molecule has 0 radical (unpaired) electrons. The minimum atomic E-state index is 0.120. The summed E-state index contributed by atoms with van der Waals surface area (Å²) in [5.74, 6) is 1.09. The number of nitrogens with zero attached hydrogens (tertiary/aromatic N) is 1. The summed E-state index contributed by atoms with van der Waals surface area (Å²) in [6.45, 7) is 2.82. The first kappa shape index (κ1) is 16.3. The highest BCUT2D eigenvalue weighted by Gasteiger charge is 2.49.